The summed E-state index contributed by atoms with van der Waals surface area (Å²) in [6.45, 7) is -13.5. The number of hydrogen-bond acceptors (Lipinski definition) is 58. The van der Waals surface area contributed by atoms with Crippen molar-refractivity contribution >= 4 is 65.3 Å². The van der Waals surface area contributed by atoms with Crippen LogP contribution in [0.3, 0.4) is 0 Å². The van der Waals surface area contributed by atoms with Crippen LogP contribution in [-0.2, 0) is 133 Å². The smallest absolute Gasteiger partial charge is 0.364 e. The summed E-state index contributed by atoms with van der Waals surface area (Å²) in [7, 11) is 0. The lowest BCUT2D eigenvalue weighted by Crippen LogP contribution is -2.73. The number of ether oxygens (including phenoxy) is 17. The highest BCUT2D eigenvalue weighted by atomic mass is 16.8. The van der Waals surface area contributed by atoms with Crippen molar-refractivity contribution < 1.29 is 312 Å². The van der Waals surface area contributed by atoms with Gasteiger partial charge in [0.2, 0.25) is 35.4 Å². The summed E-state index contributed by atoms with van der Waals surface area (Å²) in [5, 5.41) is 406. The van der Waals surface area contributed by atoms with Gasteiger partial charge in [-0.05, 0) is 0 Å². The average molecular weight is 2200 g/mol. The van der Waals surface area contributed by atoms with Crippen LogP contribution in [0, 0.1) is 0 Å². The van der Waals surface area contributed by atoms with Gasteiger partial charge in [0.1, 0.15) is 202 Å². The molecule has 0 aromatic heterocycles. The molecular weight excluding hydrogens is 2060 g/mol. The van der Waals surface area contributed by atoms with Gasteiger partial charge in [0.25, 0.3) is 28.9 Å². The van der Waals surface area contributed by atoms with Crippen LogP contribution in [0.5, 0.6) is 0 Å². The Morgan fingerprint density at radius 3 is 0.867 bits per heavy atom. The molecule has 0 radical (unpaired) electrons. The number of carboxylic acids is 5. The van der Waals surface area contributed by atoms with E-state index in [0.29, 0.717) is 6.92 Å². The number of carboxylic acid groups (broad SMARTS) is 5. The first-order valence-electron chi connectivity index (χ1n) is 46.1. The van der Waals surface area contributed by atoms with Gasteiger partial charge in [-0.1, -0.05) is 0 Å². The molecule has 9 aliphatic heterocycles. The topological polar surface area (TPSA) is 1120 Å². The van der Waals surface area contributed by atoms with Crippen LogP contribution in [0.1, 0.15) is 59.8 Å². The summed E-state index contributed by atoms with van der Waals surface area (Å²) in [4.78, 5) is 147. The molecule has 150 heavy (non-hydrogen) atoms. The average Bonchev–Trinajstić information content (AvgIpc) is 0.749. The number of aliphatic hydroxyl groups is 30. The molecule has 0 saturated carbocycles. The minimum atomic E-state index is -3.97. The van der Waals surface area contributed by atoms with E-state index in [1.807, 2.05) is 10.6 Å². The maximum absolute atomic E-state index is 14.6. The van der Waals surface area contributed by atoms with Crippen molar-refractivity contribution in [3.05, 3.63) is 0 Å². The molecule has 6 amide bonds. The van der Waals surface area contributed by atoms with Gasteiger partial charge in [-0.15, -0.1) is 0 Å². The van der Waals surface area contributed by atoms with Crippen LogP contribution in [0.2, 0.25) is 0 Å². The predicted molar refractivity (Wildman–Crippen MR) is 455 cm³/mol. The summed E-state index contributed by atoms with van der Waals surface area (Å²) < 4.78 is 99.1. The zero-order valence-corrected chi connectivity index (χ0v) is 79.4. The highest BCUT2D eigenvalue weighted by molar-refractivity contribution is 5.81. The number of aliphatic hydroxyl groups excluding tert-OH is 30. The fraction of sp³-hybridized carbons (Fsp3) is 0.864. The van der Waals surface area contributed by atoms with E-state index in [4.69, 9.17) is 80.5 Å². The van der Waals surface area contributed by atoms with Gasteiger partial charge in [0.05, 0.1) is 120 Å². The van der Waals surface area contributed by atoms with Gasteiger partial charge in [0.15, 0.2) is 25.2 Å². The van der Waals surface area contributed by atoms with Crippen LogP contribution in [-0.4, -0.2) is 621 Å². The van der Waals surface area contributed by atoms with Crippen molar-refractivity contribution in [2.24, 2.45) is 0 Å². The Morgan fingerprint density at radius 2 is 0.553 bits per heavy atom. The quantitative estimate of drug-likeness (QED) is 0.0269. The van der Waals surface area contributed by atoms with E-state index in [1.165, 1.54) is 0 Å². The Bertz CT molecular complexity index is 4490. The molecule has 9 aliphatic rings. The van der Waals surface area contributed by atoms with Gasteiger partial charge in [-0.25, -0.2) is 24.0 Å². The number of amides is 6. The van der Waals surface area contributed by atoms with Crippen LogP contribution in [0.4, 0.5) is 0 Å². The molecule has 0 unspecified atom stereocenters. The molecule has 0 spiro atoms. The number of hydrogen-bond donors (Lipinski definition) is 41. The summed E-state index contributed by atoms with van der Waals surface area (Å²) in [5.41, 5.74) is 0. The van der Waals surface area contributed by atoms with Crippen molar-refractivity contribution in [2.75, 3.05) is 72.7 Å². The minimum Gasteiger partial charge on any atom is -0.477 e. The maximum atomic E-state index is 14.6. The normalized spacial score (nSPS) is 41.5. The second-order valence-corrected chi connectivity index (χ2v) is 36.8. The highest BCUT2D eigenvalue weighted by Crippen LogP contribution is 2.47. The van der Waals surface area contributed by atoms with E-state index in [-0.39, 0.29) is 0 Å². The third-order valence-corrected chi connectivity index (χ3v) is 26.3. The Kier molecular flexibility index (Phi) is 44.3. The van der Waals surface area contributed by atoms with Gasteiger partial charge >= 0.3 is 29.8 Å². The van der Waals surface area contributed by atoms with E-state index in [9.17, 15) is 231 Å². The predicted octanol–water partition coefficient (Wildman–Crippen LogP) is -25.8. The first-order valence-corrected chi connectivity index (χ1v) is 46.1. The van der Waals surface area contributed by atoms with Gasteiger partial charge in [-0.3, -0.25) is 28.8 Å². The molecule has 50 atom stereocenters. The van der Waals surface area contributed by atoms with E-state index in [2.05, 4.69) is 21.3 Å². The SMILES string of the molecule is CC(=O)N[C@H]1[C@H](O[C@@H]2[C@H](O[C@]3(C(=O)O)C[C@H](O)[C@@H](NC(C)=O)[C@H]([C@H](O)[C@@H](CO)O[C@]4(C(=O)O)C[C@H](O)[C@@H](NC(C)=O)[C@H]([C@H](O)[C@@H](CO)O[C@]5(C(=O)O)C[C@H](O)[C@@H](NC(C)=O)[C@H]([C@H](O)[C@H](O)CO)O5)O4)O3)[C@@H](O)[C@H](O[C@H]3[C@H](O)[C@@H](O)[C@H](O)O[C@@H]3CO)O[C@@H]2CO)O[C@H](CO)[C@H](O)[C@@H]1O[C@@H]1O[C@H](CO)[C@H](O)[C@H](O[C@]2(C(=O)O)C[C@H](O)[C@@H](NC(=O)CO)[C@H]([C@H](O)[C@@H](CO)O[C@]3(C(=O)O)C[C@H](O)[C@@H](NC(=O)CO)[C@H]([C@H](O)[C@H](O)CO)O3)O2)[C@H]1O. The highest BCUT2D eigenvalue weighted by Gasteiger charge is 2.69. The molecule has 862 valence electrons. The lowest BCUT2D eigenvalue weighted by Gasteiger charge is -2.53. The second-order valence-electron chi connectivity index (χ2n) is 36.8. The van der Waals surface area contributed by atoms with Gasteiger partial charge in [-0.2, -0.15) is 0 Å². The molecule has 9 heterocycles. The molecule has 69 nitrogen and oxygen atoms in total. The number of nitrogens with one attached hydrogen (secondary N) is 6. The first-order chi connectivity index (χ1) is 70.3. The number of carbonyl (C=O) groups excluding carboxylic acids is 6. The molecule has 9 saturated heterocycles. The Labute approximate surface area is 843 Å². The van der Waals surface area contributed by atoms with Crippen LogP contribution in [0.15, 0.2) is 0 Å². The van der Waals surface area contributed by atoms with E-state index >= 15 is 0 Å². The lowest BCUT2D eigenvalue weighted by atomic mass is 9.86. The summed E-state index contributed by atoms with van der Waals surface area (Å²) in [5.74, 6) is -38.3. The minimum absolute atomic E-state index is 0.710. The van der Waals surface area contributed by atoms with Crippen LogP contribution < -0.4 is 31.9 Å². The summed E-state index contributed by atoms with van der Waals surface area (Å²) in [6, 6.07) is -13.3. The van der Waals surface area contributed by atoms with Crippen molar-refractivity contribution in [3.8, 4) is 0 Å². The fourth-order valence-electron chi connectivity index (χ4n) is 18.9. The standard InChI is InChI=1S/C81H130N6O63/c1-21(99)82-41-25(103)5-77(72(124)125,144-61(41)47(112)30(108)10-88)141-34(14-92)51(116)63-42(83-22(2)100)26(104)6-79(146-63,74(128)129)143-35(15-93)52(117)64-43(84-23(3)101)27(105)8-81(147-64,76(132)133)150-67-57(122)71(138-58-37(17-95)134-68(123)55(120)54(58)119)137-38(18-96)59(67)139-69-46(85-24(4)102)60(49(114)32(12-90)135-69)140-70-56(121)66(50(115)33(13-91)136-70)149-80(75(130)131)9-29(107)45(87-40(111)20-98)65(148-80)53(118)36(16-94)142-78(73(126)127)7-28(106)44(86-39(110)19-97)62(145-78)48(113)31(109)11-89/h25-38,41-71,88-98,103-109,112-123H,5-20H2,1-4H3,(H,82,99)(H,83,100)(H,84,101)(H,85,102)(H,86,110)(H,87,111)(H,124,125)(H,126,127)(H,128,129)(H,130,131)(H,132,133)/t25-,26-,27-,28-,29-,30+,31+,32+,33+,34+,35+,36+,37+,38+,41+,42+,43+,44+,45+,46+,47+,48+,49-,50-,51+,52+,53+,54+,55+,56+,57+,58+,59-,60+,61+,62+,63+,64+,65+,66-,67+,68+,69-,70-,71-,77+,78+,79+,80-,81-/m0/s1. The van der Waals surface area contributed by atoms with Crippen molar-refractivity contribution in [1.29, 1.82) is 0 Å². The third-order valence-electron chi connectivity index (χ3n) is 26.3. The maximum Gasteiger partial charge on any atom is 0.364 e. The van der Waals surface area contributed by atoms with E-state index in [0.717, 1.165) is 20.8 Å². The molecular formula is C81H130N6O63. The zero-order valence-electron chi connectivity index (χ0n) is 79.4. The van der Waals surface area contributed by atoms with Gasteiger partial charge in [0, 0.05) is 59.8 Å². The molecule has 9 rings (SSSR count). The second kappa shape index (κ2) is 52.9. The van der Waals surface area contributed by atoms with Crippen molar-refractivity contribution in [1.82, 2.24) is 31.9 Å². The Balaban J connectivity index is 1.09. The molecule has 0 aromatic carbocycles. The molecule has 69 heteroatoms. The molecule has 9 fully saturated rings. The van der Waals surface area contributed by atoms with Gasteiger partial charge < -0.3 is 291 Å². The summed E-state index contributed by atoms with van der Waals surface area (Å²) >= 11 is 0. The van der Waals surface area contributed by atoms with E-state index < -0.39 is 474 Å². The van der Waals surface area contributed by atoms with Crippen LogP contribution in [0.25, 0.3) is 0 Å². The number of rotatable bonds is 48. The molecule has 0 aromatic rings. The first kappa shape index (κ1) is 126. The number of carbonyl (C=O) groups is 11. The third kappa shape index (κ3) is 27.4. The molecule has 0 bridgehead atoms. The molecule has 0 aliphatic carbocycles. The van der Waals surface area contributed by atoms with Crippen molar-refractivity contribution in [2.45, 2.75) is 364 Å². The van der Waals surface area contributed by atoms with Crippen molar-refractivity contribution in [3.63, 3.8) is 0 Å². The molecule has 41 N–H and O–H groups in total. The van der Waals surface area contributed by atoms with E-state index in [1.54, 1.807) is 0 Å². The fourth-order valence-corrected chi connectivity index (χ4v) is 18.9. The number of aliphatic carboxylic acids is 5. The Hall–Kier alpha value is -7.71. The largest absolute Gasteiger partial charge is 0.477 e. The lowest BCUT2D eigenvalue weighted by molar-refractivity contribution is -0.405. The van der Waals surface area contributed by atoms with Crippen LogP contribution >= 0.6 is 0 Å². The Morgan fingerprint density at radius 1 is 0.287 bits per heavy atom. The monoisotopic (exact) mass is 2190 g/mol. The zero-order chi connectivity index (χ0) is 112. The summed E-state index contributed by atoms with van der Waals surface area (Å²) in [6.07, 6.45) is -109.